The first kappa shape index (κ1) is 29.9. The largest absolute Gasteiger partial charge is 4.00 e. The number of rotatable bonds is 4. The normalized spacial score (nSPS) is 11.0. The molecule has 25 heavy (non-hydrogen) atoms. The number of hydrogen-bond acceptors (Lipinski definition) is 0. The van der Waals surface area contributed by atoms with Crippen LogP contribution >= 0.6 is 0 Å². The van der Waals surface area contributed by atoms with Crippen LogP contribution in [0.3, 0.4) is 0 Å². The van der Waals surface area contributed by atoms with Crippen molar-refractivity contribution in [3.63, 3.8) is 0 Å². The maximum atomic E-state index is 2.30. The molecule has 0 atom stereocenters. The van der Waals surface area contributed by atoms with Crippen LogP contribution in [0.5, 0.6) is 0 Å². The smallest absolute Gasteiger partial charge is 1.00 e. The monoisotopic (exact) mass is 458 g/mol. The summed E-state index contributed by atoms with van der Waals surface area (Å²) in [5, 5.41) is 0. The molecule has 0 saturated heterocycles. The van der Waals surface area contributed by atoms with Crippen LogP contribution in [-0.2, 0) is 37.0 Å². The van der Waals surface area contributed by atoms with Crippen molar-refractivity contribution >= 4 is 0 Å². The molecule has 0 fully saturated rings. The van der Waals surface area contributed by atoms with E-state index in [2.05, 4.69) is 104 Å². The molecule has 0 aliphatic heterocycles. The Labute approximate surface area is 187 Å². The number of halogens is 2. The Kier molecular flexibility index (Phi) is 15.0. The summed E-state index contributed by atoms with van der Waals surface area (Å²) in [6.45, 7) is 18.3. The molecule has 0 heterocycles. The second-order valence-corrected chi connectivity index (χ2v) is 8.10. The summed E-state index contributed by atoms with van der Waals surface area (Å²) < 4.78 is 0. The van der Waals surface area contributed by atoms with Crippen LogP contribution in [0.2, 0.25) is 0 Å². The van der Waals surface area contributed by atoms with Crippen molar-refractivity contribution in [2.45, 2.75) is 66.2 Å². The Bertz CT molecular complexity index is 470. The van der Waals surface area contributed by atoms with E-state index in [1.807, 2.05) is 0 Å². The van der Waals surface area contributed by atoms with Gasteiger partial charge in [-0.1, -0.05) is 66.2 Å². The second-order valence-electron chi connectivity index (χ2n) is 8.10. The van der Waals surface area contributed by atoms with Crippen molar-refractivity contribution in [2.75, 3.05) is 0 Å². The molecule has 0 spiro atoms. The van der Waals surface area contributed by atoms with Gasteiger partial charge in [0.25, 0.3) is 0 Å². The Morgan fingerprint density at radius 2 is 0.760 bits per heavy atom. The molecule has 2 rings (SSSR count). The molecule has 0 aliphatic carbocycles. The van der Waals surface area contributed by atoms with E-state index in [1.165, 1.54) is 11.1 Å². The van der Waals surface area contributed by atoms with Gasteiger partial charge in [-0.25, -0.2) is 24.3 Å². The third kappa shape index (κ3) is 8.15. The van der Waals surface area contributed by atoms with E-state index in [-0.39, 0.29) is 51.0 Å². The summed E-state index contributed by atoms with van der Waals surface area (Å²) in [4.78, 5) is 0. The van der Waals surface area contributed by atoms with E-state index in [4.69, 9.17) is 0 Å². The van der Waals surface area contributed by atoms with Gasteiger partial charge in [0.1, 0.15) is 0 Å². The SMILES string of the molecule is CC(C)C(C)(C)[c-]1cccc1.CC(C)C(C)(C)[c-]1cccc1.[Cl-].[Cl-].[Zr+4]. The average molecular weight is 461 g/mol. The van der Waals surface area contributed by atoms with E-state index in [9.17, 15) is 0 Å². The third-order valence-electron chi connectivity index (χ3n) is 5.70. The minimum absolute atomic E-state index is 0. The predicted octanol–water partition coefficient (Wildman–Crippen LogP) is 0.684. The molecule has 0 bridgehead atoms. The molecule has 0 aliphatic rings. The van der Waals surface area contributed by atoms with Gasteiger partial charge in [-0.2, -0.15) is 35.4 Å². The second kappa shape index (κ2) is 12.5. The molecular weight excluding hydrogens is 426 g/mol. The molecular formula is C22H34Cl2Zr. The van der Waals surface area contributed by atoms with E-state index < -0.39 is 0 Å². The van der Waals surface area contributed by atoms with Gasteiger partial charge < -0.3 is 24.8 Å². The van der Waals surface area contributed by atoms with Gasteiger partial charge in [-0.3, -0.25) is 0 Å². The summed E-state index contributed by atoms with van der Waals surface area (Å²) >= 11 is 0. The molecule has 0 N–H and O–H groups in total. The van der Waals surface area contributed by atoms with Gasteiger partial charge in [-0.15, -0.1) is 0 Å². The van der Waals surface area contributed by atoms with Gasteiger partial charge in [-0.05, 0) is 11.8 Å². The maximum absolute atomic E-state index is 2.30. The van der Waals surface area contributed by atoms with Crippen molar-refractivity contribution < 1.29 is 51.0 Å². The maximum Gasteiger partial charge on any atom is 4.00 e. The molecule has 2 aromatic rings. The fraction of sp³-hybridized carbons (Fsp3) is 0.545. The van der Waals surface area contributed by atoms with Crippen LogP contribution in [0.15, 0.2) is 48.5 Å². The van der Waals surface area contributed by atoms with Crippen LogP contribution in [0, 0.1) is 11.8 Å². The van der Waals surface area contributed by atoms with Crippen molar-refractivity contribution in [3.05, 3.63) is 59.7 Å². The Hall–Kier alpha value is 0.163. The molecule has 0 nitrogen and oxygen atoms in total. The number of hydrogen-bond donors (Lipinski definition) is 0. The van der Waals surface area contributed by atoms with Crippen LogP contribution in [-0.4, -0.2) is 0 Å². The molecule has 0 aromatic heterocycles. The fourth-order valence-electron chi connectivity index (χ4n) is 2.27. The van der Waals surface area contributed by atoms with Crippen LogP contribution in [0.25, 0.3) is 0 Å². The van der Waals surface area contributed by atoms with Gasteiger partial charge in [0, 0.05) is 0 Å². The van der Waals surface area contributed by atoms with E-state index in [0.29, 0.717) is 22.7 Å². The van der Waals surface area contributed by atoms with Crippen LogP contribution in [0.4, 0.5) is 0 Å². The molecule has 0 saturated carbocycles. The van der Waals surface area contributed by atoms with E-state index in [1.54, 1.807) is 0 Å². The Balaban J connectivity index is -0.000000346. The molecule has 0 amide bonds. The van der Waals surface area contributed by atoms with E-state index in [0.717, 1.165) is 0 Å². The van der Waals surface area contributed by atoms with Crippen LogP contribution in [0.1, 0.15) is 66.5 Å². The summed E-state index contributed by atoms with van der Waals surface area (Å²) in [7, 11) is 0. The first-order valence-electron chi connectivity index (χ1n) is 8.54. The standard InChI is InChI=1S/2C11H17.2ClH.Zr/c2*1-9(2)11(3,4)10-7-5-6-8-10;;;/h2*5-9H,1-4H3;2*1H;/q2*-1;;;+4/p-2. The van der Waals surface area contributed by atoms with Crippen LogP contribution < -0.4 is 24.8 Å². The average Bonchev–Trinajstić information content (AvgIpc) is 3.13. The molecule has 2 aromatic carbocycles. The predicted molar refractivity (Wildman–Crippen MR) is 99.8 cm³/mol. The zero-order valence-electron chi connectivity index (χ0n) is 17.0. The van der Waals surface area contributed by atoms with Gasteiger partial charge in [0.15, 0.2) is 0 Å². The van der Waals surface area contributed by atoms with Crippen molar-refractivity contribution in [1.29, 1.82) is 0 Å². The summed E-state index contributed by atoms with van der Waals surface area (Å²) in [5.41, 5.74) is 3.55. The summed E-state index contributed by atoms with van der Waals surface area (Å²) in [6, 6.07) is 17.3. The molecule has 140 valence electrons. The Morgan fingerprint density at radius 3 is 0.920 bits per heavy atom. The Morgan fingerprint density at radius 1 is 0.560 bits per heavy atom. The van der Waals surface area contributed by atoms with Gasteiger partial charge in [0.05, 0.1) is 0 Å². The third-order valence-corrected chi connectivity index (χ3v) is 5.70. The van der Waals surface area contributed by atoms with Crippen molar-refractivity contribution in [3.8, 4) is 0 Å². The quantitative estimate of drug-likeness (QED) is 0.589. The van der Waals surface area contributed by atoms with Gasteiger partial charge in [0.2, 0.25) is 0 Å². The first-order chi connectivity index (χ1) is 10.1. The molecule has 0 unspecified atom stereocenters. The zero-order valence-corrected chi connectivity index (χ0v) is 21.0. The molecule has 0 radical (unpaired) electrons. The van der Waals surface area contributed by atoms with Crippen molar-refractivity contribution in [2.24, 2.45) is 11.8 Å². The topological polar surface area (TPSA) is 0 Å². The minimum Gasteiger partial charge on any atom is -1.00 e. The molecule has 3 heteroatoms. The van der Waals surface area contributed by atoms with Gasteiger partial charge >= 0.3 is 26.2 Å². The summed E-state index contributed by atoms with van der Waals surface area (Å²) in [5.74, 6) is 1.40. The van der Waals surface area contributed by atoms with E-state index >= 15 is 0 Å². The van der Waals surface area contributed by atoms with Crippen molar-refractivity contribution in [1.82, 2.24) is 0 Å². The fourth-order valence-corrected chi connectivity index (χ4v) is 2.27. The summed E-state index contributed by atoms with van der Waals surface area (Å²) in [6.07, 6.45) is 0. The minimum atomic E-state index is 0. The first-order valence-corrected chi connectivity index (χ1v) is 8.54. The zero-order chi connectivity index (χ0) is 17.0.